The minimum atomic E-state index is -4.68. The Hall–Kier alpha value is -3.73. The molecular formula is C25H25F4N5O2. The fourth-order valence-electron chi connectivity index (χ4n) is 4.04. The lowest BCUT2D eigenvalue weighted by atomic mass is 9.99. The first-order valence-electron chi connectivity index (χ1n) is 11.3. The Labute approximate surface area is 204 Å². The van der Waals surface area contributed by atoms with Gasteiger partial charge in [0, 0.05) is 36.1 Å². The number of alkyl halides is 4. The third-order valence-corrected chi connectivity index (χ3v) is 5.97. The number of allylic oxidation sites excluding steroid dienone is 1. The number of piperidine rings is 1. The van der Waals surface area contributed by atoms with Crippen LogP contribution in [0.2, 0.25) is 0 Å². The van der Waals surface area contributed by atoms with Gasteiger partial charge >= 0.3 is 6.18 Å². The zero-order valence-electron chi connectivity index (χ0n) is 19.5. The van der Waals surface area contributed by atoms with E-state index in [-0.39, 0.29) is 35.4 Å². The lowest BCUT2D eigenvalue weighted by Gasteiger charge is -2.33. The van der Waals surface area contributed by atoms with Gasteiger partial charge in [0.25, 0.3) is 5.91 Å². The number of benzene rings is 1. The van der Waals surface area contributed by atoms with Gasteiger partial charge in [-0.1, -0.05) is 29.9 Å². The summed E-state index contributed by atoms with van der Waals surface area (Å²) in [6.07, 6.45) is 0.268. The van der Waals surface area contributed by atoms with Crippen LogP contribution in [0.15, 0.2) is 53.9 Å². The summed E-state index contributed by atoms with van der Waals surface area (Å²) in [4.78, 5) is 18.1. The van der Waals surface area contributed by atoms with E-state index in [2.05, 4.69) is 31.9 Å². The van der Waals surface area contributed by atoms with Gasteiger partial charge < -0.3 is 20.1 Å². The maximum absolute atomic E-state index is 14.7. The topological polar surface area (TPSA) is 83.3 Å². The van der Waals surface area contributed by atoms with Gasteiger partial charge in [-0.3, -0.25) is 4.79 Å². The van der Waals surface area contributed by atoms with E-state index in [9.17, 15) is 22.4 Å². The molecule has 2 atom stereocenters. The first-order valence-corrected chi connectivity index (χ1v) is 11.3. The largest absolute Gasteiger partial charge is 0.417 e. The number of aromatic nitrogens is 2. The predicted molar refractivity (Wildman–Crippen MR) is 129 cm³/mol. The average molecular weight is 504 g/mol. The SMILES string of the molecule is C=C(c1nc(/C=C/CNC(=O)c2cnoc2)cc2c(N[C@@H]3CCN(C)C[C@@H]3F)cccc12)C(F)(F)F. The van der Waals surface area contributed by atoms with Crippen LogP contribution in [0.4, 0.5) is 23.2 Å². The average Bonchev–Trinajstić information content (AvgIpc) is 3.37. The van der Waals surface area contributed by atoms with Crippen LogP contribution in [0.5, 0.6) is 0 Å². The summed E-state index contributed by atoms with van der Waals surface area (Å²) < 4.78 is 60.1. The number of hydrogen-bond acceptors (Lipinski definition) is 6. The van der Waals surface area contributed by atoms with Gasteiger partial charge in [-0.15, -0.1) is 0 Å². The van der Waals surface area contributed by atoms with Crippen molar-refractivity contribution in [2.45, 2.75) is 24.8 Å². The highest BCUT2D eigenvalue weighted by atomic mass is 19.4. The second kappa shape index (κ2) is 10.5. The summed E-state index contributed by atoms with van der Waals surface area (Å²) in [6.45, 7) is 4.30. The summed E-state index contributed by atoms with van der Waals surface area (Å²) in [5.74, 6) is -0.413. The molecule has 1 aliphatic heterocycles. The summed E-state index contributed by atoms with van der Waals surface area (Å²) in [5, 5.41) is 9.98. The lowest BCUT2D eigenvalue weighted by Crippen LogP contribution is -2.46. The predicted octanol–water partition coefficient (Wildman–Crippen LogP) is 4.70. The number of carbonyl (C=O) groups excluding carboxylic acids is 1. The molecule has 1 saturated heterocycles. The zero-order chi connectivity index (χ0) is 25.9. The first kappa shape index (κ1) is 25.4. The number of nitrogens with one attached hydrogen (secondary N) is 2. The summed E-state index contributed by atoms with van der Waals surface area (Å²) >= 11 is 0. The number of pyridine rings is 1. The number of halogens is 4. The van der Waals surface area contributed by atoms with E-state index in [1.54, 1.807) is 24.3 Å². The molecule has 0 unspecified atom stereocenters. The maximum atomic E-state index is 14.7. The quantitative estimate of drug-likeness (QED) is 0.455. The van der Waals surface area contributed by atoms with Crippen molar-refractivity contribution in [2.24, 2.45) is 0 Å². The minimum absolute atomic E-state index is 0.0955. The van der Waals surface area contributed by atoms with Gasteiger partial charge in [0.05, 0.1) is 34.8 Å². The zero-order valence-corrected chi connectivity index (χ0v) is 19.5. The van der Waals surface area contributed by atoms with E-state index in [0.717, 1.165) is 0 Å². The Morgan fingerprint density at radius 2 is 2.14 bits per heavy atom. The molecule has 11 heteroatoms. The summed E-state index contributed by atoms with van der Waals surface area (Å²) in [7, 11) is 1.84. The molecule has 1 fully saturated rings. The monoisotopic (exact) mass is 503 g/mol. The van der Waals surface area contributed by atoms with Gasteiger partial charge in [0.15, 0.2) is 0 Å². The van der Waals surface area contributed by atoms with E-state index in [0.29, 0.717) is 24.0 Å². The van der Waals surface area contributed by atoms with Crippen LogP contribution >= 0.6 is 0 Å². The molecule has 1 aromatic carbocycles. The third-order valence-electron chi connectivity index (χ3n) is 5.97. The van der Waals surface area contributed by atoms with Gasteiger partial charge in [-0.2, -0.15) is 13.2 Å². The van der Waals surface area contributed by atoms with E-state index < -0.39 is 29.9 Å². The summed E-state index contributed by atoms with van der Waals surface area (Å²) in [6, 6.07) is 6.01. The third kappa shape index (κ3) is 5.73. The van der Waals surface area contributed by atoms with E-state index in [1.165, 1.54) is 24.6 Å². The van der Waals surface area contributed by atoms with Crippen LogP contribution in [-0.2, 0) is 0 Å². The highest BCUT2D eigenvalue weighted by molar-refractivity contribution is 6.01. The molecule has 1 aliphatic rings. The number of likely N-dealkylation sites (tertiary alicyclic amines) is 1. The molecular weight excluding hydrogens is 478 g/mol. The maximum Gasteiger partial charge on any atom is 0.417 e. The molecule has 1 amide bonds. The fourth-order valence-corrected chi connectivity index (χ4v) is 4.04. The number of rotatable bonds is 7. The van der Waals surface area contributed by atoms with Crippen LogP contribution in [0.3, 0.4) is 0 Å². The molecule has 0 aliphatic carbocycles. The van der Waals surface area contributed by atoms with Crippen molar-refractivity contribution in [2.75, 3.05) is 32.0 Å². The Bertz CT molecular complexity index is 1270. The Morgan fingerprint density at radius 3 is 2.83 bits per heavy atom. The van der Waals surface area contributed by atoms with Crippen LogP contribution < -0.4 is 10.6 Å². The van der Waals surface area contributed by atoms with Crippen LogP contribution in [0.25, 0.3) is 22.4 Å². The number of nitrogens with zero attached hydrogens (tertiary/aromatic N) is 3. The van der Waals surface area contributed by atoms with Gasteiger partial charge in [0.2, 0.25) is 0 Å². The second-order valence-electron chi connectivity index (χ2n) is 8.62. The summed E-state index contributed by atoms with van der Waals surface area (Å²) in [5.41, 5.74) is -0.401. The molecule has 0 radical (unpaired) electrons. The Morgan fingerprint density at radius 1 is 1.33 bits per heavy atom. The minimum Gasteiger partial charge on any atom is -0.379 e. The number of fused-ring (bicyclic) bond motifs is 1. The van der Waals surface area contributed by atoms with Gasteiger partial charge in [0.1, 0.15) is 12.4 Å². The smallest absolute Gasteiger partial charge is 0.379 e. The van der Waals surface area contributed by atoms with E-state index in [4.69, 9.17) is 0 Å². The number of hydrogen-bond donors (Lipinski definition) is 2. The number of carbonyl (C=O) groups is 1. The molecule has 2 N–H and O–H groups in total. The molecule has 0 bridgehead atoms. The highest BCUT2D eigenvalue weighted by Crippen LogP contribution is 2.37. The van der Waals surface area contributed by atoms with Crippen molar-refractivity contribution in [3.05, 3.63) is 66.3 Å². The van der Waals surface area contributed by atoms with Crippen molar-refractivity contribution >= 4 is 34.0 Å². The van der Waals surface area contributed by atoms with E-state index in [1.807, 2.05) is 11.9 Å². The molecule has 3 aromatic rings. The van der Waals surface area contributed by atoms with E-state index >= 15 is 0 Å². The van der Waals surface area contributed by atoms with Crippen LogP contribution in [0, 0.1) is 0 Å². The van der Waals surface area contributed by atoms with Gasteiger partial charge in [-0.05, 0) is 31.7 Å². The second-order valence-corrected chi connectivity index (χ2v) is 8.62. The van der Waals surface area contributed by atoms with Crippen molar-refractivity contribution in [3.8, 4) is 0 Å². The van der Waals surface area contributed by atoms with Crippen LogP contribution in [0.1, 0.15) is 28.2 Å². The van der Waals surface area contributed by atoms with Crippen molar-refractivity contribution in [3.63, 3.8) is 0 Å². The Balaban J connectivity index is 1.65. The lowest BCUT2D eigenvalue weighted by molar-refractivity contribution is -0.0688. The molecule has 2 aromatic heterocycles. The normalized spacial score (nSPS) is 19.0. The Kier molecular flexibility index (Phi) is 7.39. The molecule has 7 nitrogen and oxygen atoms in total. The molecule has 36 heavy (non-hydrogen) atoms. The molecule has 3 heterocycles. The van der Waals surface area contributed by atoms with Gasteiger partial charge in [-0.25, -0.2) is 9.37 Å². The van der Waals surface area contributed by atoms with Crippen molar-refractivity contribution in [1.29, 1.82) is 0 Å². The molecule has 0 saturated carbocycles. The van der Waals surface area contributed by atoms with Crippen molar-refractivity contribution < 1.29 is 26.9 Å². The van der Waals surface area contributed by atoms with Crippen molar-refractivity contribution in [1.82, 2.24) is 20.4 Å². The standard InChI is InChI=1S/C25H25F4N5O2/c1-15(25(27,28)29)23-18-6-3-7-21(33-22-8-10-34(2)13-20(22)26)19(18)11-17(32-23)5-4-9-30-24(35)16-12-31-36-14-16/h3-7,11-12,14,20,22,33H,1,8-10,13H2,2H3,(H,30,35)/b5-4+/t20-,22+/m0/s1. The molecule has 0 spiro atoms. The number of anilines is 1. The number of amides is 1. The molecule has 4 rings (SSSR count). The van der Waals surface area contributed by atoms with Crippen LogP contribution in [-0.4, -0.2) is 66.0 Å². The first-order chi connectivity index (χ1) is 17.1. The molecule has 190 valence electrons. The fraction of sp³-hybridized carbons (Fsp3) is 0.320. The highest BCUT2D eigenvalue weighted by Gasteiger charge is 2.35.